The highest BCUT2D eigenvalue weighted by Gasteiger charge is 2.34. The van der Waals surface area contributed by atoms with Crippen LogP contribution in [-0.2, 0) is 9.53 Å². The standard InChI is InChI=1S/C10H19NO2/c1-10(2,3)11-6-5-8(7-11)9(12)13-4/h8H,5-7H2,1-4H3. The summed E-state index contributed by atoms with van der Waals surface area (Å²) in [5, 5.41) is 0. The second kappa shape index (κ2) is 3.66. The van der Waals surface area contributed by atoms with Crippen LogP contribution in [0.25, 0.3) is 0 Å². The van der Waals surface area contributed by atoms with E-state index in [0.29, 0.717) is 0 Å². The molecule has 1 heterocycles. The van der Waals surface area contributed by atoms with Crippen LogP contribution in [0.15, 0.2) is 0 Å². The van der Waals surface area contributed by atoms with Gasteiger partial charge in [-0.15, -0.1) is 0 Å². The molecule has 3 nitrogen and oxygen atoms in total. The van der Waals surface area contributed by atoms with Gasteiger partial charge < -0.3 is 4.74 Å². The smallest absolute Gasteiger partial charge is 0.310 e. The minimum absolute atomic E-state index is 0.0632. The average Bonchev–Trinajstić information content (AvgIpc) is 2.50. The first kappa shape index (κ1) is 10.5. The van der Waals surface area contributed by atoms with Gasteiger partial charge >= 0.3 is 5.97 Å². The third-order valence-electron chi connectivity index (χ3n) is 2.67. The first-order valence-corrected chi connectivity index (χ1v) is 4.78. The van der Waals surface area contributed by atoms with E-state index in [4.69, 9.17) is 4.74 Å². The van der Waals surface area contributed by atoms with Gasteiger partial charge in [0.2, 0.25) is 0 Å². The Kier molecular flexibility index (Phi) is 2.96. The molecule has 3 heteroatoms. The minimum atomic E-state index is -0.0632. The fourth-order valence-corrected chi connectivity index (χ4v) is 1.73. The van der Waals surface area contributed by atoms with Crippen molar-refractivity contribution in [2.24, 2.45) is 5.92 Å². The molecule has 0 radical (unpaired) electrons. The topological polar surface area (TPSA) is 29.5 Å². The summed E-state index contributed by atoms with van der Waals surface area (Å²) in [5.41, 5.74) is 0.169. The molecule has 0 aromatic rings. The number of carbonyl (C=O) groups is 1. The Labute approximate surface area is 80.1 Å². The number of hydrogen-bond acceptors (Lipinski definition) is 3. The summed E-state index contributed by atoms with van der Waals surface area (Å²) in [7, 11) is 1.46. The summed E-state index contributed by atoms with van der Waals surface area (Å²) in [5.74, 6) is 0.0241. The molecule has 0 N–H and O–H groups in total. The summed E-state index contributed by atoms with van der Waals surface area (Å²) in [6.07, 6.45) is 0.934. The summed E-state index contributed by atoms with van der Waals surface area (Å²) < 4.78 is 4.73. The first-order valence-electron chi connectivity index (χ1n) is 4.78. The molecule has 13 heavy (non-hydrogen) atoms. The van der Waals surface area contributed by atoms with Gasteiger partial charge in [-0.1, -0.05) is 0 Å². The van der Waals surface area contributed by atoms with Gasteiger partial charge in [0.25, 0.3) is 0 Å². The van der Waals surface area contributed by atoms with Gasteiger partial charge in [0.05, 0.1) is 13.0 Å². The van der Waals surface area contributed by atoms with Crippen molar-refractivity contribution in [2.45, 2.75) is 32.7 Å². The number of methoxy groups -OCH3 is 1. The van der Waals surface area contributed by atoms with E-state index in [9.17, 15) is 4.79 Å². The van der Waals surface area contributed by atoms with Crippen molar-refractivity contribution in [1.29, 1.82) is 0 Å². The number of carbonyl (C=O) groups excluding carboxylic acids is 1. The zero-order valence-electron chi connectivity index (χ0n) is 8.96. The molecule has 0 aromatic heterocycles. The lowest BCUT2D eigenvalue weighted by molar-refractivity contribution is -0.145. The van der Waals surface area contributed by atoms with Crippen LogP contribution in [-0.4, -0.2) is 36.6 Å². The molecule has 0 bridgehead atoms. The Balaban J connectivity index is 2.50. The summed E-state index contributed by atoms with van der Waals surface area (Å²) in [6, 6.07) is 0. The molecule has 0 saturated carbocycles. The fraction of sp³-hybridized carbons (Fsp3) is 0.900. The third-order valence-corrected chi connectivity index (χ3v) is 2.67. The molecule has 1 aliphatic heterocycles. The van der Waals surface area contributed by atoms with E-state index in [0.717, 1.165) is 19.5 Å². The highest BCUT2D eigenvalue weighted by molar-refractivity contribution is 5.72. The number of nitrogens with zero attached hydrogens (tertiary/aromatic N) is 1. The number of esters is 1. The highest BCUT2D eigenvalue weighted by atomic mass is 16.5. The summed E-state index contributed by atoms with van der Waals surface area (Å²) in [6.45, 7) is 8.37. The maximum atomic E-state index is 11.2. The van der Waals surface area contributed by atoms with E-state index >= 15 is 0 Å². The lowest BCUT2D eigenvalue weighted by Crippen LogP contribution is -2.40. The van der Waals surface area contributed by atoms with Gasteiger partial charge in [0.15, 0.2) is 0 Å². The van der Waals surface area contributed by atoms with Gasteiger partial charge in [-0.25, -0.2) is 0 Å². The molecule has 1 unspecified atom stereocenters. The molecule has 1 saturated heterocycles. The molecule has 0 amide bonds. The monoisotopic (exact) mass is 185 g/mol. The third kappa shape index (κ3) is 2.44. The molecule has 1 atom stereocenters. The Morgan fingerprint density at radius 2 is 2.08 bits per heavy atom. The van der Waals surface area contributed by atoms with Crippen LogP contribution in [0.3, 0.4) is 0 Å². The number of rotatable bonds is 1. The molecule has 0 aromatic carbocycles. The number of hydrogen-bond donors (Lipinski definition) is 0. The van der Waals surface area contributed by atoms with Crippen LogP contribution in [0, 0.1) is 5.92 Å². The predicted octanol–water partition coefficient (Wildman–Crippen LogP) is 1.28. The van der Waals surface area contributed by atoms with Crippen LogP contribution in [0.5, 0.6) is 0 Å². The zero-order chi connectivity index (χ0) is 10.1. The predicted molar refractivity (Wildman–Crippen MR) is 51.4 cm³/mol. The fourth-order valence-electron chi connectivity index (χ4n) is 1.73. The zero-order valence-corrected chi connectivity index (χ0v) is 8.96. The maximum Gasteiger partial charge on any atom is 0.310 e. The van der Waals surface area contributed by atoms with Crippen LogP contribution >= 0.6 is 0 Å². The summed E-state index contributed by atoms with van der Waals surface area (Å²) >= 11 is 0. The van der Waals surface area contributed by atoms with E-state index in [2.05, 4.69) is 25.7 Å². The second-order valence-electron chi connectivity index (χ2n) is 4.63. The molecule has 1 rings (SSSR count). The number of ether oxygens (including phenoxy) is 1. The van der Waals surface area contributed by atoms with Crippen molar-refractivity contribution in [2.75, 3.05) is 20.2 Å². The van der Waals surface area contributed by atoms with Gasteiger partial charge in [-0.3, -0.25) is 9.69 Å². The van der Waals surface area contributed by atoms with Crippen molar-refractivity contribution in [3.63, 3.8) is 0 Å². The summed E-state index contributed by atoms with van der Waals surface area (Å²) in [4.78, 5) is 13.6. The highest BCUT2D eigenvalue weighted by Crippen LogP contribution is 2.24. The second-order valence-corrected chi connectivity index (χ2v) is 4.63. The number of likely N-dealkylation sites (tertiary alicyclic amines) is 1. The first-order chi connectivity index (χ1) is 5.95. The van der Waals surface area contributed by atoms with Crippen molar-refractivity contribution < 1.29 is 9.53 Å². The molecule has 0 aliphatic carbocycles. The van der Waals surface area contributed by atoms with Gasteiger partial charge in [0.1, 0.15) is 0 Å². The van der Waals surface area contributed by atoms with Crippen molar-refractivity contribution >= 4 is 5.97 Å². The van der Waals surface area contributed by atoms with Crippen LogP contribution in [0.2, 0.25) is 0 Å². The Bertz CT molecular complexity index is 196. The Morgan fingerprint density at radius 1 is 1.46 bits per heavy atom. The van der Waals surface area contributed by atoms with E-state index in [1.165, 1.54) is 7.11 Å². The molecule has 1 aliphatic rings. The minimum Gasteiger partial charge on any atom is -0.469 e. The lowest BCUT2D eigenvalue weighted by atomic mass is 10.1. The van der Waals surface area contributed by atoms with Crippen LogP contribution in [0.4, 0.5) is 0 Å². The van der Waals surface area contributed by atoms with E-state index < -0.39 is 0 Å². The average molecular weight is 185 g/mol. The van der Waals surface area contributed by atoms with Crippen molar-refractivity contribution in [3.05, 3.63) is 0 Å². The molecular weight excluding hydrogens is 166 g/mol. The van der Waals surface area contributed by atoms with E-state index in [-0.39, 0.29) is 17.4 Å². The van der Waals surface area contributed by atoms with Crippen LogP contribution in [0.1, 0.15) is 27.2 Å². The molecule has 0 spiro atoms. The van der Waals surface area contributed by atoms with Crippen LogP contribution < -0.4 is 0 Å². The van der Waals surface area contributed by atoms with Gasteiger partial charge in [-0.2, -0.15) is 0 Å². The largest absolute Gasteiger partial charge is 0.469 e. The Morgan fingerprint density at radius 3 is 2.46 bits per heavy atom. The lowest BCUT2D eigenvalue weighted by Gasteiger charge is -2.31. The van der Waals surface area contributed by atoms with Crippen molar-refractivity contribution in [3.8, 4) is 0 Å². The molecule has 1 fully saturated rings. The SMILES string of the molecule is COC(=O)C1CCN(C(C)(C)C)C1. The maximum absolute atomic E-state index is 11.2. The van der Waals surface area contributed by atoms with E-state index in [1.807, 2.05) is 0 Å². The van der Waals surface area contributed by atoms with Crippen molar-refractivity contribution in [1.82, 2.24) is 4.90 Å². The normalized spacial score (nSPS) is 24.8. The molecular formula is C10H19NO2. The van der Waals surface area contributed by atoms with Gasteiger partial charge in [0, 0.05) is 12.1 Å². The Hall–Kier alpha value is -0.570. The van der Waals surface area contributed by atoms with E-state index in [1.54, 1.807) is 0 Å². The quantitative estimate of drug-likeness (QED) is 0.576. The van der Waals surface area contributed by atoms with Gasteiger partial charge in [-0.05, 0) is 33.7 Å². The molecule has 76 valence electrons.